The van der Waals surface area contributed by atoms with Gasteiger partial charge in [-0.1, -0.05) is 26.7 Å². The molecule has 0 atom stereocenters. The molecule has 2 rings (SSSR count). The van der Waals surface area contributed by atoms with Gasteiger partial charge in [-0.3, -0.25) is 25.9 Å². The van der Waals surface area contributed by atoms with Crippen molar-refractivity contribution in [1.29, 1.82) is 0 Å². The Morgan fingerprint density at radius 3 is 2.06 bits per heavy atom. The predicted molar refractivity (Wildman–Crippen MR) is 141 cm³/mol. The van der Waals surface area contributed by atoms with Gasteiger partial charge in [-0.25, -0.2) is 5.01 Å². The number of hydrazine groups is 2. The molecule has 0 aromatic heterocycles. The number of ether oxygens (including phenoxy) is 1. The highest BCUT2D eigenvalue weighted by atomic mass is 32.1. The average Bonchev–Trinajstić information content (AvgIpc) is 2.84. The predicted octanol–water partition coefficient (Wildman–Crippen LogP) is 3.88. The first-order valence-corrected chi connectivity index (χ1v) is 11.9. The number of anilines is 3. The summed E-state index contributed by atoms with van der Waals surface area (Å²) < 4.78 is 5.57. The maximum atomic E-state index is 12.2. The Bertz CT molecular complexity index is 885. The van der Waals surface area contributed by atoms with Crippen LogP contribution < -0.4 is 31.6 Å². The molecular formula is C24H34N6O3S. The first-order chi connectivity index (χ1) is 16.5. The largest absolute Gasteiger partial charge is 0.484 e. The molecule has 9 nitrogen and oxygen atoms in total. The zero-order valence-electron chi connectivity index (χ0n) is 19.7. The molecule has 0 aliphatic carbocycles. The summed E-state index contributed by atoms with van der Waals surface area (Å²) in [7, 11) is 0. The van der Waals surface area contributed by atoms with Crippen LogP contribution in [0.4, 0.5) is 17.1 Å². The molecule has 0 heterocycles. The van der Waals surface area contributed by atoms with Crippen LogP contribution in [0, 0.1) is 0 Å². The van der Waals surface area contributed by atoms with Crippen molar-refractivity contribution in [2.45, 2.75) is 39.5 Å². The fraction of sp³-hybridized carbons (Fsp3) is 0.375. The van der Waals surface area contributed by atoms with Crippen LogP contribution >= 0.6 is 12.2 Å². The highest BCUT2D eigenvalue weighted by Crippen LogP contribution is 2.16. The summed E-state index contributed by atoms with van der Waals surface area (Å²) in [5, 5.41) is 8.64. The molecule has 0 radical (unpaired) electrons. The molecule has 0 fully saturated rings. The second-order valence-electron chi connectivity index (χ2n) is 7.59. The molecule has 184 valence electrons. The molecule has 0 saturated carbocycles. The number of benzene rings is 2. The lowest BCUT2D eigenvalue weighted by Crippen LogP contribution is -2.45. The number of hydrogen-bond acceptors (Lipinski definition) is 6. The van der Waals surface area contributed by atoms with Crippen molar-refractivity contribution in [3.05, 3.63) is 48.5 Å². The third kappa shape index (κ3) is 10.5. The van der Waals surface area contributed by atoms with Gasteiger partial charge in [0, 0.05) is 24.5 Å². The smallest absolute Gasteiger partial charge is 0.262 e. The third-order valence-electron chi connectivity index (χ3n) is 4.75. The van der Waals surface area contributed by atoms with Gasteiger partial charge in [0.15, 0.2) is 11.7 Å². The Hall–Kier alpha value is -3.37. The first-order valence-electron chi connectivity index (χ1n) is 11.4. The van der Waals surface area contributed by atoms with Gasteiger partial charge in [0.1, 0.15) is 5.75 Å². The van der Waals surface area contributed by atoms with Crippen molar-refractivity contribution in [2.75, 3.05) is 35.8 Å². The summed E-state index contributed by atoms with van der Waals surface area (Å²) in [6, 6.07) is 14.2. The van der Waals surface area contributed by atoms with E-state index < -0.39 is 0 Å². The molecule has 0 aliphatic heterocycles. The van der Waals surface area contributed by atoms with Crippen molar-refractivity contribution in [1.82, 2.24) is 15.9 Å². The Morgan fingerprint density at radius 2 is 1.47 bits per heavy atom. The summed E-state index contributed by atoms with van der Waals surface area (Å²) >= 11 is 5.45. The van der Waals surface area contributed by atoms with Gasteiger partial charge >= 0.3 is 0 Å². The lowest BCUT2D eigenvalue weighted by Gasteiger charge is -2.24. The van der Waals surface area contributed by atoms with Gasteiger partial charge in [-0.05, 0) is 73.6 Å². The molecule has 34 heavy (non-hydrogen) atoms. The Kier molecular flexibility index (Phi) is 12.2. The SMILES string of the molecule is CCCCN(CCCC)NC(=S)Nc1ccc(OCC(=O)Nc2ccc(NNC=O)cc2)cc1. The standard InChI is InChI=1S/C24H34N6O3S/c1-3-5-15-30(16-6-4-2)29-24(34)27-20-11-13-22(14-12-20)33-17-23(32)26-19-7-9-21(10-8-19)28-25-18-31/h7-14,18,28H,3-6,15-17H2,1-2H3,(H,25,31)(H,26,32)(H2,27,29,34). The topological polar surface area (TPSA) is 107 Å². The lowest BCUT2D eigenvalue weighted by atomic mass is 10.3. The van der Waals surface area contributed by atoms with Gasteiger partial charge in [-0.15, -0.1) is 0 Å². The fourth-order valence-corrected chi connectivity index (χ4v) is 3.20. The van der Waals surface area contributed by atoms with Crippen molar-refractivity contribution in [2.24, 2.45) is 0 Å². The van der Waals surface area contributed by atoms with E-state index in [0.717, 1.165) is 44.5 Å². The highest BCUT2D eigenvalue weighted by molar-refractivity contribution is 7.80. The van der Waals surface area contributed by atoms with E-state index in [1.807, 2.05) is 12.1 Å². The van der Waals surface area contributed by atoms with Crippen molar-refractivity contribution in [3.63, 3.8) is 0 Å². The van der Waals surface area contributed by atoms with E-state index in [4.69, 9.17) is 17.0 Å². The van der Waals surface area contributed by atoms with Crippen LogP contribution in [0.1, 0.15) is 39.5 Å². The highest BCUT2D eigenvalue weighted by Gasteiger charge is 2.07. The number of nitrogens with one attached hydrogen (secondary N) is 5. The minimum Gasteiger partial charge on any atom is -0.484 e. The number of amides is 2. The van der Waals surface area contributed by atoms with Gasteiger partial charge in [0.05, 0.1) is 5.69 Å². The Balaban J connectivity index is 1.76. The first kappa shape index (κ1) is 26.9. The Labute approximate surface area is 206 Å². The maximum Gasteiger partial charge on any atom is 0.262 e. The monoisotopic (exact) mass is 486 g/mol. The van der Waals surface area contributed by atoms with E-state index in [9.17, 15) is 9.59 Å². The van der Waals surface area contributed by atoms with E-state index in [1.165, 1.54) is 0 Å². The van der Waals surface area contributed by atoms with Crippen molar-refractivity contribution < 1.29 is 14.3 Å². The molecule has 0 bridgehead atoms. The molecule has 2 aromatic carbocycles. The third-order valence-corrected chi connectivity index (χ3v) is 4.94. The summed E-state index contributed by atoms with van der Waals surface area (Å²) in [5.74, 6) is 0.296. The van der Waals surface area contributed by atoms with E-state index in [-0.39, 0.29) is 12.5 Å². The van der Waals surface area contributed by atoms with E-state index in [0.29, 0.717) is 28.6 Å². The Morgan fingerprint density at radius 1 is 0.912 bits per heavy atom. The number of rotatable bonds is 15. The van der Waals surface area contributed by atoms with Gasteiger partial charge < -0.3 is 15.4 Å². The minimum atomic E-state index is -0.279. The molecule has 0 aliphatic rings. The summed E-state index contributed by atoms with van der Waals surface area (Å²) in [6.07, 6.45) is 5.03. The molecule has 2 aromatic rings. The molecule has 10 heteroatoms. The number of nitrogens with zero attached hydrogens (tertiary/aromatic N) is 1. The number of carbonyl (C=O) groups is 2. The summed E-state index contributed by atoms with van der Waals surface area (Å²) in [5.41, 5.74) is 10.5. The van der Waals surface area contributed by atoms with Crippen LogP contribution in [0.3, 0.4) is 0 Å². The van der Waals surface area contributed by atoms with Gasteiger partial charge in [0.2, 0.25) is 6.41 Å². The van der Waals surface area contributed by atoms with E-state index in [2.05, 4.69) is 45.8 Å². The van der Waals surface area contributed by atoms with Crippen molar-refractivity contribution >= 4 is 46.7 Å². The molecule has 5 N–H and O–H groups in total. The minimum absolute atomic E-state index is 0.122. The quantitative estimate of drug-likeness (QED) is 0.147. The van der Waals surface area contributed by atoms with Crippen LogP contribution in [0.2, 0.25) is 0 Å². The zero-order chi connectivity index (χ0) is 24.6. The van der Waals surface area contributed by atoms with Crippen LogP contribution in [0.25, 0.3) is 0 Å². The number of hydrogen-bond donors (Lipinski definition) is 5. The fourth-order valence-electron chi connectivity index (χ4n) is 2.95. The van der Waals surface area contributed by atoms with E-state index in [1.54, 1.807) is 36.4 Å². The number of unbranched alkanes of at least 4 members (excludes halogenated alkanes) is 2. The zero-order valence-corrected chi connectivity index (χ0v) is 20.5. The normalized spacial score (nSPS) is 10.3. The van der Waals surface area contributed by atoms with Crippen LogP contribution in [0.5, 0.6) is 5.75 Å². The second kappa shape index (κ2) is 15.5. The number of carbonyl (C=O) groups excluding carboxylic acids is 2. The average molecular weight is 487 g/mol. The van der Waals surface area contributed by atoms with Gasteiger partial charge in [0.25, 0.3) is 5.91 Å². The van der Waals surface area contributed by atoms with Crippen LogP contribution in [-0.2, 0) is 9.59 Å². The van der Waals surface area contributed by atoms with Crippen LogP contribution in [0.15, 0.2) is 48.5 Å². The molecular weight excluding hydrogens is 452 g/mol. The second-order valence-corrected chi connectivity index (χ2v) is 7.99. The molecule has 2 amide bonds. The lowest BCUT2D eigenvalue weighted by molar-refractivity contribution is -0.118. The molecule has 0 saturated heterocycles. The maximum absolute atomic E-state index is 12.2. The van der Waals surface area contributed by atoms with Crippen molar-refractivity contribution in [3.8, 4) is 5.75 Å². The molecule has 0 spiro atoms. The summed E-state index contributed by atoms with van der Waals surface area (Å²) in [4.78, 5) is 22.4. The van der Waals surface area contributed by atoms with Gasteiger partial charge in [-0.2, -0.15) is 0 Å². The van der Waals surface area contributed by atoms with E-state index >= 15 is 0 Å². The molecule has 0 unspecified atom stereocenters. The number of thiocarbonyl (C=S) groups is 1. The summed E-state index contributed by atoms with van der Waals surface area (Å²) in [6.45, 7) is 6.13. The van der Waals surface area contributed by atoms with Crippen LogP contribution in [-0.4, -0.2) is 42.1 Å².